The maximum absolute atomic E-state index is 6.44. The van der Waals surface area contributed by atoms with E-state index in [0.29, 0.717) is 0 Å². The van der Waals surface area contributed by atoms with Gasteiger partial charge in [-0.3, -0.25) is 0 Å². The molecule has 0 aliphatic rings. The molecule has 0 bridgehead atoms. The summed E-state index contributed by atoms with van der Waals surface area (Å²) in [5.41, 5.74) is 5.38. The molecule has 0 radical (unpaired) electrons. The van der Waals surface area contributed by atoms with Crippen LogP contribution >= 0.6 is 11.6 Å². The number of methoxy groups -OCH3 is 1. The molecule has 3 aromatic rings. The predicted molar refractivity (Wildman–Crippen MR) is 116 cm³/mol. The Labute approximate surface area is 163 Å². The number of para-hydroxylation sites is 1. The van der Waals surface area contributed by atoms with Crippen molar-refractivity contribution in [1.82, 2.24) is 0 Å². The molecule has 3 rings (SSSR count). The molecule has 0 heterocycles. The highest BCUT2D eigenvalue weighted by Gasteiger charge is 2.15. The van der Waals surface area contributed by atoms with Crippen LogP contribution in [0.4, 0.5) is 0 Å². The third-order valence-corrected chi connectivity index (χ3v) is 4.11. The Morgan fingerprint density at radius 2 is 1.27 bits per heavy atom. The van der Waals surface area contributed by atoms with Crippen molar-refractivity contribution in [3.63, 3.8) is 0 Å². The molecule has 0 aliphatic heterocycles. The van der Waals surface area contributed by atoms with Gasteiger partial charge in [-0.15, -0.1) is 0 Å². The molecule has 0 atom stereocenters. The second kappa shape index (κ2) is 11.4. The van der Waals surface area contributed by atoms with E-state index in [4.69, 9.17) is 16.3 Å². The van der Waals surface area contributed by atoms with Crippen molar-refractivity contribution < 1.29 is 4.74 Å². The van der Waals surface area contributed by atoms with E-state index >= 15 is 0 Å². The van der Waals surface area contributed by atoms with Gasteiger partial charge in [-0.25, -0.2) is 0 Å². The normalized spacial score (nSPS) is 9.35. The SMILES string of the molecule is CC.CC.COc1c(-c2ccccc2)cccc1-c1c(C)cccc1Cl. The molecular formula is C24H29ClO. The Morgan fingerprint density at radius 1 is 0.692 bits per heavy atom. The van der Waals surface area contributed by atoms with Crippen LogP contribution in [0.15, 0.2) is 66.7 Å². The molecule has 0 amide bonds. The molecule has 2 heteroatoms. The second-order valence-electron chi connectivity index (χ2n) is 5.18. The largest absolute Gasteiger partial charge is 0.495 e. The van der Waals surface area contributed by atoms with Crippen molar-refractivity contribution in [1.29, 1.82) is 0 Å². The lowest BCUT2D eigenvalue weighted by Gasteiger charge is -2.16. The maximum Gasteiger partial charge on any atom is 0.134 e. The fraction of sp³-hybridized carbons (Fsp3) is 0.250. The topological polar surface area (TPSA) is 9.23 Å². The first kappa shape index (κ1) is 21.8. The Hall–Kier alpha value is -2.25. The highest BCUT2D eigenvalue weighted by molar-refractivity contribution is 6.33. The maximum atomic E-state index is 6.44. The van der Waals surface area contributed by atoms with Gasteiger partial charge < -0.3 is 4.74 Å². The average Bonchev–Trinajstić information content (AvgIpc) is 2.71. The third kappa shape index (κ3) is 4.89. The lowest BCUT2D eigenvalue weighted by atomic mass is 9.95. The van der Waals surface area contributed by atoms with Gasteiger partial charge in [0.1, 0.15) is 5.75 Å². The summed E-state index contributed by atoms with van der Waals surface area (Å²) in [5, 5.41) is 0.739. The molecule has 0 fully saturated rings. The van der Waals surface area contributed by atoms with Crippen LogP contribution in [-0.4, -0.2) is 7.11 Å². The van der Waals surface area contributed by atoms with Crippen LogP contribution in [0.2, 0.25) is 5.02 Å². The molecule has 3 aromatic carbocycles. The molecule has 0 aliphatic carbocycles. The summed E-state index contributed by atoms with van der Waals surface area (Å²) < 4.78 is 5.74. The van der Waals surface area contributed by atoms with E-state index in [2.05, 4.69) is 37.3 Å². The first-order valence-electron chi connectivity index (χ1n) is 9.20. The number of hydrogen-bond acceptors (Lipinski definition) is 1. The summed E-state index contributed by atoms with van der Waals surface area (Å²) in [4.78, 5) is 0. The Bertz CT molecular complexity index is 774. The van der Waals surface area contributed by atoms with E-state index in [0.717, 1.165) is 38.6 Å². The zero-order valence-electron chi connectivity index (χ0n) is 16.6. The molecule has 0 spiro atoms. The van der Waals surface area contributed by atoms with Crippen LogP contribution < -0.4 is 4.74 Å². The number of rotatable bonds is 3. The van der Waals surface area contributed by atoms with Crippen molar-refractivity contribution in [3.05, 3.63) is 77.3 Å². The van der Waals surface area contributed by atoms with Gasteiger partial charge in [0, 0.05) is 21.7 Å². The van der Waals surface area contributed by atoms with Gasteiger partial charge in [0.25, 0.3) is 0 Å². The molecule has 0 N–H and O–H groups in total. The van der Waals surface area contributed by atoms with Gasteiger partial charge in [-0.1, -0.05) is 100.0 Å². The fourth-order valence-corrected chi connectivity index (χ4v) is 3.10. The monoisotopic (exact) mass is 368 g/mol. The van der Waals surface area contributed by atoms with Gasteiger partial charge in [0.15, 0.2) is 0 Å². The zero-order chi connectivity index (χ0) is 19.5. The van der Waals surface area contributed by atoms with Gasteiger partial charge in [-0.2, -0.15) is 0 Å². The van der Waals surface area contributed by atoms with Gasteiger partial charge >= 0.3 is 0 Å². The summed E-state index contributed by atoms with van der Waals surface area (Å²) in [5.74, 6) is 0.852. The Kier molecular flexibility index (Phi) is 9.54. The summed E-state index contributed by atoms with van der Waals surface area (Å²) >= 11 is 6.44. The molecule has 0 saturated carbocycles. The first-order valence-corrected chi connectivity index (χ1v) is 9.58. The van der Waals surface area contributed by atoms with E-state index < -0.39 is 0 Å². The number of hydrogen-bond donors (Lipinski definition) is 0. The molecule has 0 unspecified atom stereocenters. The van der Waals surface area contributed by atoms with E-state index in [-0.39, 0.29) is 0 Å². The van der Waals surface area contributed by atoms with E-state index in [9.17, 15) is 0 Å². The van der Waals surface area contributed by atoms with E-state index in [1.807, 2.05) is 64.1 Å². The number of ether oxygens (including phenoxy) is 1. The Morgan fingerprint density at radius 3 is 1.85 bits per heavy atom. The molecule has 0 aromatic heterocycles. The van der Waals surface area contributed by atoms with Gasteiger partial charge in [0.05, 0.1) is 7.11 Å². The minimum Gasteiger partial charge on any atom is -0.495 e. The second-order valence-corrected chi connectivity index (χ2v) is 5.59. The van der Waals surface area contributed by atoms with Crippen LogP contribution in [-0.2, 0) is 0 Å². The Balaban J connectivity index is 0.000000791. The minimum atomic E-state index is 0.739. The molecule has 1 nitrogen and oxygen atoms in total. The lowest BCUT2D eigenvalue weighted by Crippen LogP contribution is -1.94. The smallest absolute Gasteiger partial charge is 0.134 e. The molecule has 26 heavy (non-hydrogen) atoms. The van der Waals surface area contributed by atoms with Gasteiger partial charge in [-0.05, 0) is 24.1 Å². The van der Waals surface area contributed by atoms with Crippen molar-refractivity contribution in [2.45, 2.75) is 34.6 Å². The number of aryl methyl sites for hydroxylation is 1. The average molecular weight is 369 g/mol. The van der Waals surface area contributed by atoms with Crippen LogP contribution in [0, 0.1) is 6.92 Å². The van der Waals surface area contributed by atoms with Crippen LogP contribution in [0.5, 0.6) is 5.75 Å². The highest BCUT2D eigenvalue weighted by Crippen LogP contribution is 2.42. The highest BCUT2D eigenvalue weighted by atomic mass is 35.5. The standard InChI is InChI=1S/C20H17ClO.2C2H6/c1-14-8-6-13-18(21)19(14)17-12-7-11-16(20(17)22-2)15-9-4-3-5-10-15;2*1-2/h3-13H,1-2H3;2*1-2H3. The van der Waals surface area contributed by atoms with Crippen molar-refractivity contribution in [3.8, 4) is 28.0 Å². The quantitative estimate of drug-likeness (QED) is 0.454. The zero-order valence-corrected chi connectivity index (χ0v) is 17.4. The lowest BCUT2D eigenvalue weighted by molar-refractivity contribution is 0.418. The molecule has 138 valence electrons. The predicted octanol–water partition coefficient (Wildman–Crippen LogP) is 8.04. The minimum absolute atomic E-state index is 0.739. The van der Waals surface area contributed by atoms with E-state index in [1.54, 1.807) is 7.11 Å². The summed E-state index contributed by atoms with van der Waals surface area (Å²) in [6.45, 7) is 10.1. The first-order chi connectivity index (χ1) is 12.7. The summed E-state index contributed by atoms with van der Waals surface area (Å²) in [6, 6.07) is 22.4. The van der Waals surface area contributed by atoms with Crippen molar-refractivity contribution in [2.75, 3.05) is 7.11 Å². The van der Waals surface area contributed by atoms with Crippen LogP contribution in [0.25, 0.3) is 22.3 Å². The summed E-state index contributed by atoms with van der Waals surface area (Å²) in [6.07, 6.45) is 0. The van der Waals surface area contributed by atoms with E-state index in [1.165, 1.54) is 0 Å². The van der Waals surface area contributed by atoms with Crippen molar-refractivity contribution >= 4 is 11.6 Å². The van der Waals surface area contributed by atoms with Crippen LogP contribution in [0.1, 0.15) is 33.3 Å². The number of halogens is 1. The third-order valence-electron chi connectivity index (χ3n) is 3.80. The summed E-state index contributed by atoms with van der Waals surface area (Å²) in [7, 11) is 1.71. The van der Waals surface area contributed by atoms with Gasteiger partial charge in [0.2, 0.25) is 0 Å². The fourth-order valence-electron chi connectivity index (χ4n) is 2.77. The number of benzene rings is 3. The molecule has 0 saturated heterocycles. The van der Waals surface area contributed by atoms with Crippen LogP contribution in [0.3, 0.4) is 0 Å². The van der Waals surface area contributed by atoms with Crippen molar-refractivity contribution in [2.24, 2.45) is 0 Å². The molecular weight excluding hydrogens is 340 g/mol.